The molecule has 0 bridgehead atoms. The summed E-state index contributed by atoms with van der Waals surface area (Å²) in [5.41, 5.74) is 0.931. The Hall–Kier alpha value is -2.08. The van der Waals surface area contributed by atoms with E-state index >= 15 is 0 Å². The molecule has 154 valence electrons. The van der Waals surface area contributed by atoms with Crippen LogP contribution in [0.2, 0.25) is 0 Å². The molecule has 1 aromatic carbocycles. The molecular weight excluding hydrogens is 354 g/mol. The zero-order chi connectivity index (χ0) is 19.9. The molecule has 28 heavy (non-hydrogen) atoms. The number of amides is 2. The highest BCUT2D eigenvalue weighted by Gasteiger charge is 2.40. The Morgan fingerprint density at radius 2 is 2.00 bits per heavy atom. The second-order valence-corrected chi connectivity index (χ2v) is 8.07. The molecular formula is C22H33N3O3. The molecule has 1 aromatic rings. The molecule has 0 radical (unpaired) electrons. The molecule has 0 saturated carbocycles. The third-order valence-electron chi connectivity index (χ3n) is 5.92. The van der Waals surface area contributed by atoms with E-state index in [-0.39, 0.29) is 18.6 Å². The number of nitrogens with one attached hydrogen (secondary N) is 1. The molecule has 2 saturated heterocycles. The zero-order valence-corrected chi connectivity index (χ0v) is 17.1. The van der Waals surface area contributed by atoms with Crippen LogP contribution in [0.1, 0.15) is 45.1 Å². The molecule has 0 aliphatic carbocycles. The van der Waals surface area contributed by atoms with E-state index in [9.17, 15) is 9.59 Å². The number of unbranched alkanes of at least 4 members (excludes halogenated alkanes) is 1. The summed E-state index contributed by atoms with van der Waals surface area (Å²) in [6, 6.07) is 9.36. The molecule has 2 fully saturated rings. The van der Waals surface area contributed by atoms with Gasteiger partial charge in [-0.15, -0.1) is 0 Å². The van der Waals surface area contributed by atoms with Crippen molar-refractivity contribution in [3.63, 3.8) is 0 Å². The number of alkyl carbamates (subject to hydrolysis) is 1. The molecule has 2 aliphatic heterocycles. The van der Waals surface area contributed by atoms with Gasteiger partial charge in [0.15, 0.2) is 0 Å². The summed E-state index contributed by atoms with van der Waals surface area (Å²) < 4.78 is 5.26. The highest BCUT2D eigenvalue weighted by molar-refractivity contribution is 5.87. The van der Waals surface area contributed by atoms with Crippen molar-refractivity contribution in [1.29, 1.82) is 0 Å². The molecule has 2 heterocycles. The van der Waals surface area contributed by atoms with E-state index in [4.69, 9.17) is 4.74 Å². The van der Waals surface area contributed by atoms with Crippen LogP contribution in [-0.4, -0.2) is 60.1 Å². The fraction of sp³-hybridized carbons (Fsp3) is 0.636. The van der Waals surface area contributed by atoms with Gasteiger partial charge in [-0.25, -0.2) is 4.79 Å². The monoisotopic (exact) mass is 387 g/mol. The van der Waals surface area contributed by atoms with Crippen LogP contribution >= 0.6 is 0 Å². The number of hydrogen-bond donors (Lipinski definition) is 1. The average molecular weight is 388 g/mol. The van der Waals surface area contributed by atoms with E-state index in [1.165, 1.54) is 12.8 Å². The Balaban J connectivity index is 1.46. The Kier molecular flexibility index (Phi) is 7.31. The summed E-state index contributed by atoms with van der Waals surface area (Å²) in [7, 11) is 0. The van der Waals surface area contributed by atoms with Gasteiger partial charge in [0.1, 0.15) is 12.6 Å². The predicted molar refractivity (Wildman–Crippen MR) is 109 cm³/mol. The van der Waals surface area contributed by atoms with Crippen LogP contribution in [0.5, 0.6) is 0 Å². The number of benzene rings is 1. The number of rotatable bonds is 7. The Bertz CT molecular complexity index is 652. The number of carbonyl (C=O) groups excluding carboxylic acids is 2. The van der Waals surface area contributed by atoms with Gasteiger partial charge in [0.25, 0.3) is 0 Å². The van der Waals surface area contributed by atoms with Gasteiger partial charge in [0.2, 0.25) is 5.91 Å². The lowest BCUT2D eigenvalue weighted by Crippen LogP contribution is -2.52. The van der Waals surface area contributed by atoms with Crippen molar-refractivity contribution < 1.29 is 14.3 Å². The zero-order valence-electron chi connectivity index (χ0n) is 17.1. The topological polar surface area (TPSA) is 61.9 Å². The van der Waals surface area contributed by atoms with Crippen molar-refractivity contribution >= 4 is 12.0 Å². The molecule has 0 aromatic heterocycles. The Morgan fingerprint density at radius 1 is 1.21 bits per heavy atom. The molecule has 6 nitrogen and oxygen atoms in total. The van der Waals surface area contributed by atoms with Crippen molar-refractivity contribution in [1.82, 2.24) is 15.1 Å². The van der Waals surface area contributed by atoms with Crippen LogP contribution in [0.15, 0.2) is 30.3 Å². The van der Waals surface area contributed by atoms with Crippen LogP contribution in [0.4, 0.5) is 4.79 Å². The van der Waals surface area contributed by atoms with Gasteiger partial charge in [-0.1, -0.05) is 50.6 Å². The van der Waals surface area contributed by atoms with Gasteiger partial charge in [-0.3, -0.25) is 4.79 Å². The van der Waals surface area contributed by atoms with Gasteiger partial charge < -0.3 is 19.9 Å². The fourth-order valence-corrected chi connectivity index (χ4v) is 4.34. The van der Waals surface area contributed by atoms with E-state index < -0.39 is 12.1 Å². The maximum absolute atomic E-state index is 12.9. The maximum Gasteiger partial charge on any atom is 0.408 e. The Labute approximate surface area is 168 Å². The molecule has 0 spiro atoms. The van der Waals surface area contributed by atoms with E-state index in [0.717, 1.165) is 31.6 Å². The van der Waals surface area contributed by atoms with Crippen molar-refractivity contribution in [2.75, 3.05) is 26.2 Å². The van der Waals surface area contributed by atoms with E-state index in [0.29, 0.717) is 18.9 Å². The quantitative estimate of drug-likeness (QED) is 0.781. The standard InChI is InChI=1S/C22H33N3O3/c1-3-4-12-24-13-11-20(17(2)15-24)25-14-10-19(21(25)26)23-22(27)28-16-18-8-6-5-7-9-18/h5-9,17,19-20H,3-4,10-16H2,1-2H3,(H,23,27)/t17?,19-,20?/m0/s1. The lowest BCUT2D eigenvalue weighted by molar-refractivity contribution is -0.133. The minimum atomic E-state index is -0.522. The number of carbonyl (C=O) groups is 2. The van der Waals surface area contributed by atoms with Crippen LogP contribution < -0.4 is 5.32 Å². The Morgan fingerprint density at radius 3 is 2.71 bits per heavy atom. The second kappa shape index (κ2) is 9.92. The smallest absolute Gasteiger partial charge is 0.408 e. The van der Waals surface area contributed by atoms with Crippen molar-refractivity contribution in [3.05, 3.63) is 35.9 Å². The largest absolute Gasteiger partial charge is 0.445 e. The summed E-state index contributed by atoms with van der Waals surface area (Å²) >= 11 is 0. The molecule has 2 unspecified atom stereocenters. The summed E-state index contributed by atoms with van der Waals surface area (Å²) in [6.07, 6.45) is 3.60. The first kappa shape index (κ1) is 20.6. The summed E-state index contributed by atoms with van der Waals surface area (Å²) in [5.74, 6) is 0.494. The van der Waals surface area contributed by atoms with Crippen LogP contribution in [0.25, 0.3) is 0 Å². The number of ether oxygens (including phenoxy) is 1. The highest BCUT2D eigenvalue weighted by atomic mass is 16.5. The maximum atomic E-state index is 12.9. The van der Waals surface area contributed by atoms with Crippen molar-refractivity contribution in [2.24, 2.45) is 5.92 Å². The second-order valence-electron chi connectivity index (χ2n) is 8.07. The number of hydrogen-bond acceptors (Lipinski definition) is 4. The van der Waals surface area contributed by atoms with Crippen LogP contribution in [-0.2, 0) is 16.1 Å². The average Bonchev–Trinajstić information content (AvgIpc) is 3.06. The lowest BCUT2D eigenvalue weighted by atomic mass is 9.92. The lowest BCUT2D eigenvalue weighted by Gasteiger charge is -2.41. The fourth-order valence-electron chi connectivity index (χ4n) is 4.34. The third kappa shape index (κ3) is 5.25. The summed E-state index contributed by atoms with van der Waals surface area (Å²) in [5, 5.41) is 2.76. The highest BCUT2D eigenvalue weighted by Crippen LogP contribution is 2.26. The first-order valence-electron chi connectivity index (χ1n) is 10.6. The number of nitrogens with zero attached hydrogens (tertiary/aromatic N) is 2. The molecule has 3 atom stereocenters. The summed E-state index contributed by atoms with van der Waals surface area (Å²) in [6.45, 7) is 8.64. The molecule has 2 amide bonds. The van der Waals surface area contributed by atoms with Crippen molar-refractivity contribution in [3.8, 4) is 0 Å². The first-order chi connectivity index (χ1) is 13.6. The van der Waals surface area contributed by atoms with Crippen molar-refractivity contribution in [2.45, 2.75) is 58.2 Å². The van der Waals surface area contributed by atoms with Gasteiger partial charge in [-0.2, -0.15) is 0 Å². The normalized spacial score (nSPS) is 25.7. The predicted octanol–water partition coefficient (Wildman–Crippen LogP) is 3.02. The minimum absolute atomic E-state index is 0.0375. The SMILES string of the molecule is CCCCN1CCC(N2CC[C@H](NC(=O)OCc3ccccc3)C2=O)C(C)C1. The number of piperidine rings is 1. The van der Waals surface area contributed by atoms with Gasteiger partial charge in [-0.05, 0) is 37.3 Å². The first-order valence-corrected chi connectivity index (χ1v) is 10.6. The summed E-state index contributed by atoms with van der Waals surface area (Å²) in [4.78, 5) is 29.5. The van der Waals surface area contributed by atoms with E-state index in [1.807, 2.05) is 35.2 Å². The third-order valence-corrected chi connectivity index (χ3v) is 5.92. The minimum Gasteiger partial charge on any atom is -0.445 e. The van der Waals surface area contributed by atoms with E-state index in [1.54, 1.807) is 0 Å². The van der Waals surface area contributed by atoms with Gasteiger partial charge in [0.05, 0.1) is 0 Å². The van der Waals surface area contributed by atoms with Gasteiger partial charge in [0, 0.05) is 25.7 Å². The van der Waals surface area contributed by atoms with E-state index in [2.05, 4.69) is 24.1 Å². The van der Waals surface area contributed by atoms with Crippen LogP contribution in [0, 0.1) is 5.92 Å². The molecule has 2 aliphatic rings. The van der Waals surface area contributed by atoms with Crippen LogP contribution in [0.3, 0.4) is 0 Å². The van der Waals surface area contributed by atoms with Gasteiger partial charge >= 0.3 is 6.09 Å². The molecule has 6 heteroatoms. The molecule has 1 N–H and O–H groups in total. The number of likely N-dealkylation sites (tertiary alicyclic amines) is 2. The molecule has 3 rings (SSSR count).